The summed E-state index contributed by atoms with van der Waals surface area (Å²) < 4.78 is 11.5. The molecule has 1 heterocycles. The van der Waals surface area contributed by atoms with Crippen molar-refractivity contribution in [2.75, 3.05) is 26.8 Å². The molecule has 0 amide bonds. The van der Waals surface area contributed by atoms with Crippen LogP contribution in [0.4, 0.5) is 0 Å². The summed E-state index contributed by atoms with van der Waals surface area (Å²) >= 11 is 7.81. The molecule has 1 aliphatic rings. The monoisotopic (exact) mass is 349 g/mol. The number of para-hydroxylation sites is 1. The fourth-order valence-electron chi connectivity index (χ4n) is 2.64. The molecule has 0 aliphatic carbocycles. The number of ether oxygens (including phenoxy) is 2. The van der Waals surface area contributed by atoms with Gasteiger partial charge in [-0.15, -0.1) is 11.8 Å². The van der Waals surface area contributed by atoms with Gasteiger partial charge >= 0.3 is 0 Å². The summed E-state index contributed by atoms with van der Waals surface area (Å²) in [6, 6.07) is 16.1. The highest BCUT2D eigenvalue weighted by Crippen LogP contribution is 2.43. The van der Waals surface area contributed by atoms with Crippen LogP contribution in [0.25, 0.3) is 0 Å². The number of hydrogen-bond acceptors (Lipinski definition) is 4. The van der Waals surface area contributed by atoms with E-state index >= 15 is 0 Å². The molecule has 1 fully saturated rings. The Bertz CT molecular complexity index is 629. The molecule has 1 saturated heterocycles. The molecule has 2 aromatic rings. The molecule has 5 heteroatoms. The molecular formula is C18H20ClNO2S. The van der Waals surface area contributed by atoms with E-state index in [4.69, 9.17) is 21.1 Å². The lowest BCUT2D eigenvalue weighted by molar-refractivity contribution is 0.0273. The first-order valence-corrected chi connectivity index (χ1v) is 8.91. The van der Waals surface area contributed by atoms with Gasteiger partial charge in [-0.05, 0) is 29.8 Å². The first kappa shape index (κ1) is 16.7. The first-order valence-electron chi connectivity index (χ1n) is 7.65. The van der Waals surface area contributed by atoms with Crippen LogP contribution in [0.2, 0.25) is 5.02 Å². The van der Waals surface area contributed by atoms with E-state index in [9.17, 15) is 0 Å². The number of methoxy groups -OCH3 is 1. The second kappa shape index (κ2) is 8.06. The minimum Gasteiger partial charge on any atom is -0.496 e. The summed E-state index contributed by atoms with van der Waals surface area (Å²) in [5.74, 6) is 0.889. The lowest BCUT2D eigenvalue weighted by Gasteiger charge is -2.31. The maximum Gasteiger partial charge on any atom is 0.132 e. The second-order valence-corrected chi connectivity index (χ2v) is 6.97. The number of halogens is 1. The molecule has 3 nitrogen and oxygen atoms in total. The second-order valence-electron chi connectivity index (χ2n) is 5.35. The zero-order valence-electron chi connectivity index (χ0n) is 13.0. The maximum absolute atomic E-state index is 6.04. The lowest BCUT2D eigenvalue weighted by Crippen LogP contribution is -2.41. The number of rotatable bonds is 5. The van der Waals surface area contributed by atoms with Gasteiger partial charge in [-0.2, -0.15) is 0 Å². The quantitative estimate of drug-likeness (QED) is 0.821. The highest BCUT2D eigenvalue weighted by molar-refractivity contribution is 7.99. The number of morpholine rings is 1. The van der Waals surface area contributed by atoms with Gasteiger partial charge in [0.15, 0.2) is 0 Å². The van der Waals surface area contributed by atoms with Crippen LogP contribution >= 0.6 is 23.4 Å². The van der Waals surface area contributed by atoms with E-state index in [-0.39, 0.29) is 11.4 Å². The molecule has 1 N–H and O–H groups in total. The Labute approximate surface area is 146 Å². The number of benzene rings is 2. The third-order valence-corrected chi connectivity index (χ3v) is 5.49. The predicted octanol–water partition coefficient (Wildman–Crippen LogP) is 4.17. The van der Waals surface area contributed by atoms with E-state index in [0.29, 0.717) is 0 Å². The number of nitrogens with one attached hydrogen (secondary N) is 1. The Balaban J connectivity index is 1.89. The van der Waals surface area contributed by atoms with Crippen molar-refractivity contribution in [1.29, 1.82) is 0 Å². The molecule has 0 unspecified atom stereocenters. The molecule has 3 rings (SSSR count). The van der Waals surface area contributed by atoms with E-state index in [0.717, 1.165) is 35.4 Å². The van der Waals surface area contributed by atoms with Crippen LogP contribution < -0.4 is 10.1 Å². The van der Waals surface area contributed by atoms with Gasteiger partial charge in [-0.1, -0.05) is 35.9 Å². The van der Waals surface area contributed by atoms with Crippen LogP contribution in [0.5, 0.6) is 5.75 Å². The Kier molecular flexibility index (Phi) is 5.84. The van der Waals surface area contributed by atoms with E-state index in [2.05, 4.69) is 23.5 Å². The molecule has 2 aromatic carbocycles. The normalized spacial score (nSPS) is 19.3. The van der Waals surface area contributed by atoms with Gasteiger partial charge in [0.05, 0.1) is 30.0 Å². The van der Waals surface area contributed by atoms with E-state index in [1.165, 1.54) is 5.56 Å². The SMILES string of the molecule is COc1ccccc1S[C@H](c1ccc(Cl)cc1)[C@H]1CNCCO1. The standard InChI is InChI=1S/C18H20ClNO2S/c1-21-15-4-2-3-5-17(15)23-18(16-12-20-10-11-22-16)13-6-8-14(19)9-7-13/h2-9,16,18,20H,10-12H2,1H3/t16-,18-/m1/s1. The molecule has 23 heavy (non-hydrogen) atoms. The van der Waals surface area contributed by atoms with Gasteiger partial charge in [0, 0.05) is 18.1 Å². The molecule has 0 bridgehead atoms. The van der Waals surface area contributed by atoms with Crippen molar-refractivity contribution < 1.29 is 9.47 Å². The maximum atomic E-state index is 6.04. The average Bonchev–Trinajstić information content (AvgIpc) is 2.61. The van der Waals surface area contributed by atoms with Gasteiger partial charge in [-0.3, -0.25) is 0 Å². The molecule has 1 aliphatic heterocycles. The van der Waals surface area contributed by atoms with Gasteiger partial charge in [0.2, 0.25) is 0 Å². The third-order valence-electron chi connectivity index (χ3n) is 3.82. The van der Waals surface area contributed by atoms with Crippen molar-refractivity contribution in [3.05, 3.63) is 59.1 Å². The summed E-state index contributed by atoms with van der Waals surface area (Å²) in [7, 11) is 1.70. The van der Waals surface area contributed by atoms with Crippen LogP contribution in [0.3, 0.4) is 0 Å². The topological polar surface area (TPSA) is 30.5 Å². The van der Waals surface area contributed by atoms with E-state index in [1.807, 2.05) is 30.3 Å². The fraction of sp³-hybridized carbons (Fsp3) is 0.333. The summed E-state index contributed by atoms with van der Waals surface area (Å²) in [6.07, 6.45) is 0.111. The highest BCUT2D eigenvalue weighted by Gasteiger charge is 2.27. The summed E-state index contributed by atoms with van der Waals surface area (Å²) in [6.45, 7) is 2.49. The van der Waals surface area contributed by atoms with Crippen LogP contribution in [0.15, 0.2) is 53.4 Å². The van der Waals surface area contributed by atoms with Crippen LogP contribution in [-0.4, -0.2) is 32.9 Å². The van der Waals surface area contributed by atoms with Crippen LogP contribution in [0.1, 0.15) is 10.8 Å². The van der Waals surface area contributed by atoms with E-state index < -0.39 is 0 Å². The minimum atomic E-state index is 0.111. The van der Waals surface area contributed by atoms with Gasteiger partial charge in [-0.25, -0.2) is 0 Å². The van der Waals surface area contributed by atoms with Gasteiger partial charge in [0.25, 0.3) is 0 Å². The predicted molar refractivity (Wildman–Crippen MR) is 95.7 cm³/mol. The zero-order chi connectivity index (χ0) is 16.1. The fourth-order valence-corrected chi connectivity index (χ4v) is 4.09. The largest absolute Gasteiger partial charge is 0.496 e. The summed E-state index contributed by atoms with van der Waals surface area (Å²) in [4.78, 5) is 1.11. The molecule has 122 valence electrons. The van der Waals surface area contributed by atoms with E-state index in [1.54, 1.807) is 18.9 Å². The smallest absolute Gasteiger partial charge is 0.132 e. The lowest BCUT2D eigenvalue weighted by atomic mass is 10.1. The van der Waals surface area contributed by atoms with Crippen molar-refractivity contribution in [3.8, 4) is 5.75 Å². The number of thioether (sulfide) groups is 1. The Morgan fingerprint density at radius 1 is 1.22 bits per heavy atom. The number of hydrogen-bond donors (Lipinski definition) is 1. The Morgan fingerprint density at radius 3 is 2.70 bits per heavy atom. The van der Waals surface area contributed by atoms with Crippen LogP contribution in [-0.2, 0) is 4.74 Å². The molecule has 0 saturated carbocycles. The molecule has 2 atom stereocenters. The Hall–Kier alpha value is -1.20. The third kappa shape index (κ3) is 4.21. The van der Waals surface area contributed by atoms with Crippen molar-refractivity contribution >= 4 is 23.4 Å². The molecule has 0 radical (unpaired) electrons. The zero-order valence-corrected chi connectivity index (χ0v) is 14.6. The summed E-state index contributed by atoms with van der Waals surface area (Å²) in [5, 5.41) is 4.34. The van der Waals surface area contributed by atoms with Crippen molar-refractivity contribution in [3.63, 3.8) is 0 Å². The van der Waals surface area contributed by atoms with Gasteiger partial charge < -0.3 is 14.8 Å². The summed E-state index contributed by atoms with van der Waals surface area (Å²) in [5.41, 5.74) is 1.21. The molecule has 0 spiro atoms. The molecule has 0 aromatic heterocycles. The minimum absolute atomic E-state index is 0.111. The average molecular weight is 350 g/mol. The van der Waals surface area contributed by atoms with Crippen LogP contribution in [0, 0.1) is 0 Å². The highest BCUT2D eigenvalue weighted by atomic mass is 35.5. The van der Waals surface area contributed by atoms with Crippen molar-refractivity contribution in [1.82, 2.24) is 5.32 Å². The first-order chi connectivity index (χ1) is 11.3. The van der Waals surface area contributed by atoms with Crippen molar-refractivity contribution in [2.45, 2.75) is 16.2 Å². The Morgan fingerprint density at radius 2 is 2.00 bits per heavy atom. The van der Waals surface area contributed by atoms with Gasteiger partial charge in [0.1, 0.15) is 5.75 Å². The van der Waals surface area contributed by atoms with Crippen molar-refractivity contribution in [2.24, 2.45) is 0 Å². The molecular weight excluding hydrogens is 330 g/mol.